The molecule has 0 aromatic heterocycles. The number of phenols is 2. The summed E-state index contributed by atoms with van der Waals surface area (Å²) in [6.07, 6.45) is 0. The van der Waals surface area contributed by atoms with Gasteiger partial charge < -0.3 is 20.0 Å². The molecule has 0 aliphatic heterocycles. The SMILES string of the molecule is CCN(CC)c1ccc(C(=O)c2ccccc2O)c(O)c1N(CC)CC. The fraction of sp³-hybridized carbons (Fsp3) is 0.381. The van der Waals surface area contributed by atoms with E-state index in [1.807, 2.05) is 24.8 Å². The smallest absolute Gasteiger partial charge is 0.200 e. The van der Waals surface area contributed by atoms with Gasteiger partial charge in [0.25, 0.3) is 0 Å². The molecular weight excluding hydrogens is 328 g/mol. The molecule has 140 valence electrons. The van der Waals surface area contributed by atoms with Gasteiger partial charge in [-0.2, -0.15) is 0 Å². The Morgan fingerprint density at radius 1 is 0.808 bits per heavy atom. The first-order valence-corrected chi connectivity index (χ1v) is 9.18. The Bertz CT molecular complexity index is 766. The summed E-state index contributed by atoms with van der Waals surface area (Å²) in [5.41, 5.74) is 1.96. The van der Waals surface area contributed by atoms with E-state index in [0.717, 1.165) is 18.8 Å². The molecule has 2 N–H and O–H groups in total. The van der Waals surface area contributed by atoms with Gasteiger partial charge >= 0.3 is 0 Å². The Hall–Kier alpha value is -2.69. The second-order valence-corrected chi connectivity index (χ2v) is 6.02. The average Bonchev–Trinajstić information content (AvgIpc) is 2.65. The van der Waals surface area contributed by atoms with Crippen molar-refractivity contribution in [3.63, 3.8) is 0 Å². The van der Waals surface area contributed by atoms with Crippen molar-refractivity contribution in [3.05, 3.63) is 47.5 Å². The molecule has 2 aromatic rings. The topological polar surface area (TPSA) is 64.0 Å². The van der Waals surface area contributed by atoms with Crippen molar-refractivity contribution in [2.45, 2.75) is 27.7 Å². The molecule has 0 saturated carbocycles. The van der Waals surface area contributed by atoms with Crippen molar-refractivity contribution < 1.29 is 15.0 Å². The van der Waals surface area contributed by atoms with Crippen LogP contribution in [0.1, 0.15) is 43.6 Å². The Balaban J connectivity index is 2.65. The summed E-state index contributed by atoms with van der Waals surface area (Å²) in [5, 5.41) is 21.0. The third kappa shape index (κ3) is 3.62. The van der Waals surface area contributed by atoms with Crippen LogP contribution in [0.25, 0.3) is 0 Å². The molecule has 2 aromatic carbocycles. The summed E-state index contributed by atoms with van der Waals surface area (Å²) in [6.45, 7) is 11.2. The van der Waals surface area contributed by atoms with E-state index in [0.29, 0.717) is 18.8 Å². The zero-order valence-electron chi connectivity index (χ0n) is 16.0. The molecule has 0 fully saturated rings. The molecule has 0 radical (unpaired) electrons. The summed E-state index contributed by atoms with van der Waals surface area (Å²) in [5.74, 6) is -0.513. The zero-order valence-corrected chi connectivity index (χ0v) is 16.0. The molecule has 2 rings (SSSR count). The summed E-state index contributed by atoms with van der Waals surface area (Å²) in [7, 11) is 0. The highest BCUT2D eigenvalue weighted by atomic mass is 16.3. The van der Waals surface area contributed by atoms with Crippen LogP contribution >= 0.6 is 0 Å². The molecule has 0 atom stereocenters. The lowest BCUT2D eigenvalue weighted by Crippen LogP contribution is -2.28. The largest absolute Gasteiger partial charge is 0.507 e. The molecule has 26 heavy (non-hydrogen) atoms. The molecule has 0 heterocycles. The minimum Gasteiger partial charge on any atom is -0.507 e. The van der Waals surface area contributed by atoms with Crippen molar-refractivity contribution in [1.82, 2.24) is 0 Å². The number of aromatic hydroxyl groups is 2. The summed E-state index contributed by atoms with van der Waals surface area (Å²) in [6, 6.07) is 9.92. The Morgan fingerprint density at radius 3 is 1.92 bits per heavy atom. The third-order valence-electron chi connectivity index (χ3n) is 4.71. The van der Waals surface area contributed by atoms with Gasteiger partial charge in [-0.15, -0.1) is 0 Å². The van der Waals surface area contributed by atoms with E-state index in [2.05, 4.69) is 18.7 Å². The van der Waals surface area contributed by atoms with Crippen molar-refractivity contribution in [2.24, 2.45) is 0 Å². The predicted octanol–water partition coefficient (Wildman–Crippen LogP) is 4.02. The van der Waals surface area contributed by atoms with Gasteiger partial charge in [0.2, 0.25) is 5.78 Å². The van der Waals surface area contributed by atoms with Gasteiger partial charge in [-0.3, -0.25) is 4.79 Å². The van der Waals surface area contributed by atoms with Crippen molar-refractivity contribution >= 4 is 17.2 Å². The Kier molecular flexibility index (Phi) is 6.50. The van der Waals surface area contributed by atoms with Crippen LogP contribution < -0.4 is 9.80 Å². The van der Waals surface area contributed by atoms with E-state index in [1.54, 1.807) is 24.3 Å². The van der Waals surface area contributed by atoms with Crippen LogP contribution in [-0.4, -0.2) is 42.2 Å². The fourth-order valence-corrected chi connectivity index (χ4v) is 3.23. The number of carbonyl (C=O) groups excluding carboxylic acids is 1. The molecular formula is C21H28N2O3. The molecule has 0 aliphatic rings. The van der Waals surface area contributed by atoms with Gasteiger partial charge in [0, 0.05) is 26.2 Å². The molecule has 5 nitrogen and oxygen atoms in total. The summed E-state index contributed by atoms with van der Waals surface area (Å²) in [4.78, 5) is 17.1. The number of nitrogens with zero attached hydrogens (tertiary/aromatic N) is 2. The van der Waals surface area contributed by atoms with E-state index >= 15 is 0 Å². The van der Waals surface area contributed by atoms with E-state index < -0.39 is 0 Å². The first kappa shape index (κ1) is 19.6. The number of hydrogen-bond acceptors (Lipinski definition) is 5. The van der Waals surface area contributed by atoms with Gasteiger partial charge in [0.15, 0.2) is 5.75 Å². The Morgan fingerprint density at radius 2 is 1.38 bits per heavy atom. The number of rotatable bonds is 8. The highest BCUT2D eigenvalue weighted by Gasteiger charge is 2.24. The van der Waals surface area contributed by atoms with Crippen LogP contribution in [0.4, 0.5) is 11.4 Å². The highest BCUT2D eigenvalue weighted by Crippen LogP contribution is 2.41. The maximum Gasteiger partial charge on any atom is 0.200 e. The normalized spacial score (nSPS) is 10.6. The van der Waals surface area contributed by atoms with Crippen LogP contribution in [0.15, 0.2) is 36.4 Å². The minimum absolute atomic E-state index is 0.0358. The molecule has 0 aliphatic carbocycles. The average molecular weight is 356 g/mol. The maximum absolute atomic E-state index is 12.9. The second-order valence-electron chi connectivity index (χ2n) is 6.02. The maximum atomic E-state index is 12.9. The van der Waals surface area contributed by atoms with Gasteiger partial charge in [-0.1, -0.05) is 12.1 Å². The molecule has 0 bridgehead atoms. The van der Waals surface area contributed by atoms with E-state index in [4.69, 9.17) is 0 Å². The molecule has 5 heteroatoms. The first-order valence-electron chi connectivity index (χ1n) is 9.18. The van der Waals surface area contributed by atoms with E-state index in [9.17, 15) is 15.0 Å². The number of hydrogen-bond donors (Lipinski definition) is 2. The van der Waals surface area contributed by atoms with Crippen molar-refractivity contribution in [1.29, 1.82) is 0 Å². The van der Waals surface area contributed by atoms with Crippen LogP contribution in [-0.2, 0) is 0 Å². The number of anilines is 2. The highest BCUT2D eigenvalue weighted by molar-refractivity contribution is 6.13. The number of para-hydroxylation sites is 1. The number of benzene rings is 2. The number of carbonyl (C=O) groups is 1. The van der Waals surface area contributed by atoms with Crippen LogP contribution in [0, 0.1) is 0 Å². The minimum atomic E-state index is -0.389. The summed E-state index contributed by atoms with van der Waals surface area (Å²) >= 11 is 0. The standard InChI is InChI=1S/C21H28N2O3/c1-5-22(6-2)17-14-13-16(21(26)19(17)23(7-3)8-4)20(25)15-11-9-10-12-18(15)24/h9-14,24,26H,5-8H2,1-4H3. The lowest BCUT2D eigenvalue weighted by Gasteiger charge is -2.31. The number of ketones is 1. The third-order valence-corrected chi connectivity index (χ3v) is 4.71. The predicted molar refractivity (Wildman–Crippen MR) is 107 cm³/mol. The van der Waals surface area contributed by atoms with Crippen molar-refractivity contribution in [2.75, 3.05) is 36.0 Å². The second kappa shape index (κ2) is 8.61. The van der Waals surface area contributed by atoms with E-state index in [1.165, 1.54) is 6.07 Å². The monoisotopic (exact) mass is 356 g/mol. The van der Waals surface area contributed by atoms with Crippen LogP contribution in [0.2, 0.25) is 0 Å². The van der Waals surface area contributed by atoms with Gasteiger partial charge in [-0.05, 0) is 52.0 Å². The van der Waals surface area contributed by atoms with Gasteiger partial charge in [-0.25, -0.2) is 0 Å². The fourth-order valence-electron chi connectivity index (χ4n) is 3.23. The molecule has 0 saturated heterocycles. The molecule has 0 unspecified atom stereocenters. The molecule has 0 spiro atoms. The van der Waals surface area contributed by atoms with Crippen LogP contribution in [0.3, 0.4) is 0 Å². The first-order chi connectivity index (χ1) is 12.5. The van der Waals surface area contributed by atoms with Crippen molar-refractivity contribution in [3.8, 4) is 11.5 Å². The summed E-state index contributed by atoms with van der Waals surface area (Å²) < 4.78 is 0. The Labute approximate surface area is 155 Å². The van der Waals surface area contributed by atoms with Gasteiger partial charge in [0.05, 0.1) is 16.8 Å². The lowest BCUT2D eigenvalue weighted by molar-refractivity contribution is 0.103. The quantitative estimate of drug-likeness (QED) is 0.700. The van der Waals surface area contributed by atoms with Crippen LogP contribution in [0.5, 0.6) is 11.5 Å². The lowest BCUT2D eigenvalue weighted by atomic mass is 9.99. The number of phenolic OH excluding ortho intramolecular Hbond substituents is 2. The zero-order chi connectivity index (χ0) is 19.3. The molecule has 0 amide bonds. The van der Waals surface area contributed by atoms with E-state index in [-0.39, 0.29) is 28.4 Å². The van der Waals surface area contributed by atoms with Gasteiger partial charge in [0.1, 0.15) is 11.4 Å².